The van der Waals surface area contributed by atoms with E-state index in [2.05, 4.69) is 0 Å². The van der Waals surface area contributed by atoms with E-state index in [1.54, 1.807) is 24.3 Å². The number of fused-ring (bicyclic) bond motifs is 3. The fourth-order valence-corrected chi connectivity index (χ4v) is 4.93. The minimum Gasteiger partial charge on any atom is -0.480 e. The van der Waals surface area contributed by atoms with E-state index in [1.165, 1.54) is 24.3 Å². The van der Waals surface area contributed by atoms with Crippen molar-refractivity contribution in [1.82, 2.24) is 0 Å². The molecule has 0 fully saturated rings. The normalized spacial score (nSPS) is 21.6. The Morgan fingerprint density at radius 2 is 1.09 bits per heavy atom. The third-order valence-electron chi connectivity index (χ3n) is 3.88. The summed E-state index contributed by atoms with van der Waals surface area (Å²) in [6, 6.07) is 12.4. The van der Waals surface area contributed by atoms with Gasteiger partial charge in [0.15, 0.2) is 20.3 Å². The molecule has 3 rings (SSSR count). The Morgan fingerprint density at radius 1 is 0.739 bits per heavy atom. The second-order valence-corrected chi connectivity index (χ2v) is 7.32. The lowest BCUT2D eigenvalue weighted by atomic mass is 9.93. The molecule has 0 saturated carbocycles. The maximum atomic E-state index is 12.8. The summed E-state index contributed by atoms with van der Waals surface area (Å²) in [6.07, 6.45) is 0. The monoisotopic (exact) mass is 332 g/mol. The highest BCUT2D eigenvalue weighted by atomic mass is 32.2. The van der Waals surface area contributed by atoms with Crippen molar-refractivity contribution in [2.24, 2.45) is 0 Å². The van der Waals surface area contributed by atoms with Gasteiger partial charge in [-0.1, -0.05) is 48.5 Å². The Balaban J connectivity index is 2.49. The van der Waals surface area contributed by atoms with E-state index in [4.69, 9.17) is 0 Å². The lowest BCUT2D eigenvalue weighted by molar-refractivity contribution is -0.136. The van der Waals surface area contributed by atoms with Crippen molar-refractivity contribution >= 4 is 21.8 Å². The van der Waals surface area contributed by atoms with Gasteiger partial charge < -0.3 is 10.2 Å². The summed E-state index contributed by atoms with van der Waals surface area (Å²) in [5.74, 6) is -3.17. The van der Waals surface area contributed by atoms with Crippen molar-refractivity contribution in [3.8, 4) is 11.1 Å². The summed E-state index contributed by atoms with van der Waals surface area (Å²) in [5.41, 5.74) is 0.998. The molecule has 2 N–H and O–H groups in total. The van der Waals surface area contributed by atoms with Crippen molar-refractivity contribution in [3.05, 3.63) is 59.7 Å². The highest BCUT2D eigenvalue weighted by Gasteiger charge is 2.48. The Morgan fingerprint density at radius 3 is 1.43 bits per heavy atom. The summed E-state index contributed by atoms with van der Waals surface area (Å²) in [4.78, 5) is 23.3. The molecule has 2 aromatic rings. The maximum Gasteiger partial charge on any atom is 0.326 e. The van der Waals surface area contributed by atoms with Crippen LogP contribution in [0, 0.1) is 0 Å². The average molecular weight is 332 g/mol. The van der Waals surface area contributed by atoms with Crippen LogP contribution in [0.25, 0.3) is 11.1 Å². The van der Waals surface area contributed by atoms with Crippen LogP contribution < -0.4 is 0 Å². The van der Waals surface area contributed by atoms with E-state index in [0.717, 1.165) is 0 Å². The van der Waals surface area contributed by atoms with Gasteiger partial charge in [0, 0.05) is 0 Å². The van der Waals surface area contributed by atoms with Gasteiger partial charge in [-0.2, -0.15) is 0 Å². The van der Waals surface area contributed by atoms with Crippen LogP contribution >= 0.6 is 0 Å². The van der Waals surface area contributed by atoms with Gasteiger partial charge in [0.1, 0.15) is 0 Å². The largest absolute Gasteiger partial charge is 0.480 e. The van der Waals surface area contributed by atoms with E-state index in [0.29, 0.717) is 11.1 Å². The minimum atomic E-state index is -4.53. The van der Waals surface area contributed by atoms with Crippen LogP contribution in [0.15, 0.2) is 48.5 Å². The van der Waals surface area contributed by atoms with Crippen molar-refractivity contribution in [3.63, 3.8) is 0 Å². The van der Waals surface area contributed by atoms with Crippen LogP contribution in [-0.2, 0) is 19.4 Å². The summed E-state index contributed by atoms with van der Waals surface area (Å²) < 4.78 is 25.6. The summed E-state index contributed by atoms with van der Waals surface area (Å²) >= 11 is 0. The first-order chi connectivity index (χ1) is 10.9. The van der Waals surface area contributed by atoms with Crippen molar-refractivity contribution in [1.29, 1.82) is 0 Å². The minimum absolute atomic E-state index is 0.0798. The van der Waals surface area contributed by atoms with Crippen molar-refractivity contribution < 1.29 is 28.2 Å². The van der Waals surface area contributed by atoms with Crippen LogP contribution in [0.1, 0.15) is 21.6 Å². The number of rotatable bonds is 2. The van der Waals surface area contributed by atoms with Gasteiger partial charge in [-0.05, 0) is 22.3 Å². The van der Waals surface area contributed by atoms with E-state index < -0.39 is 32.3 Å². The number of aliphatic carboxylic acids is 2. The molecule has 0 saturated heterocycles. The third-order valence-corrected chi connectivity index (χ3v) is 6.11. The Kier molecular flexibility index (Phi) is 3.45. The molecular formula is C16H12O6S. The van der Waals surface area contributed by atoms with Gasteiger partial charge >= 0.3 is 11.9 Å². The van der Waals surface area contributed by atoms with E-state index in [-0.39, 0.29) is 11.1 Å². The van der Waals surface area contributed by atoms with Gasteiger partial charge in [-0.25, -0.2) is 8.42 Å². The molecule has 2 unspecified atom stereocenters. The van der Waals surface area contributed by atoms with Crippen LogP contribution in [0.5, 0.6) is 0 Å². The predicted octanol–water partition coefficient (Wildman–Crippen LogP) is 2.03. The molecule has 0 amide bonds. The molecule has 118 valence electrons. The molecule has 23 heavy (non-hydrogen) atoms. The number of carboxylic acid groups (broad SMARTS) is 2. The quantitative estimate of drug-likeness (QED) is 0.871. The number of hydrogen-bond donors (Lipinski definition) is 2. The van der Waals surface area contributed by atoms with Gasteiger partial charge in [0.2, 0.25) is 0 Å². The summed E-state index contributed by atoms with van der Waals surface area (Å²) in [5, 5.41) is 15.1. The molecule has 0 spiro atoms. The number of hydrogen-bond acceptors (Lipinski definition) is 4. The zero-order valence-electron chi connectivity index (χ0n) is 11.7. The van der Waals surface area contributed by atoms with Crippen molar-refractivity contribution in [2.75, 3.05) is 0 Å². The standard InChI is InChI=1S/C16H12O6S/c17-15(18)13-11-7-3-1-5-9(11)10-6-2-4-8-12(10)14(16(19)20)23(13,21)22/h1-8,13-14H,(H,17,18)(H,19,20). The molecule has 2 atom stereocenters. The first-order valence-electron chi connectivity index (χ1n) is 6.72. The van der Waals surface area contributed by atoms with E-state index in [1.807, 2.05) is 0 Å². The highest BCUT2D eigenvalue weighted by molar-refractivity contribution is 7.93. The van der Waals surface area contributed by atoms with Crippen molar-refractivity contribution in [2.45, 2.75) is 10.5 Å². The molecule has 7 heteroatoms. The molecule has 0 bridgehead atoms. The van der Waals surface area contributed by atoms with Crippen LogP contribution in [0.4, 0.5) is 0 Å². The number of sulfone groups is 1. The lowest BCUT2D eigenvalue weighted by Gasteiger charge is -2.17. The fourth-order valence-electron chi connectivity index (χ4n) is 2.98. The van der Waals surface area contributed by atoms with Gasteiger partial charge in [-0.3, -0.25) is 9.59 Å². The molecule has 1 aliphatic heterocycles. The summed E-state index contributed by atoms with van der Waals surface area (Å²) in [6.45, 7) is 0. The second-order valence-electron chi connectivity index (χ2n) is 5.20. The fraction of sp³-hybridized carbons (Fsp3) is 0.125. The first-order valence-corrected chi connectivity index (χ1v) is 8.33. The molecule has 1 aliphatic rings. The average Bonchev–Trinajstić information content (AvgIpc) is 2.55. The molecule has 1 heterocycles. The maximum absolute atomic E-state index is 12.8. The van der Waals surface area contributed by atoms with Gasteiger partial charge in [0.05, 0.1) is 0 Å². The number of benzene rings is 2. The van der Waals surface area contributed by atoms with Gasteiger partial charge in [0.25, 0.3) is 0 Å². The zero-order valence-corrected chi connectivity index (χ0v) is 12.5. The van der Waals surface area contributed by atoms with Gasteiger partial charge in [-0.15, -0.1) is 0 Å². The lowest BCUT2D eigenvalue weighted by Crippen LogP contribution is -2.30. The third kappa shape index (κ3) is 2.20. The van der Waals surface area contributed by atoms with E-state index in [9.17, 15) is 28.2 Å². The zero-order chi connectivity index (χ0) is 16.8. The summed E-state index contributed by atoms with van der Waals surface area (Å²) in [7, 11) is -4.53. The van der Waals surface area contributed by atoms with E-state index >= 15 is 0 Å². The Hall–Kier alpha value is -2.67. The topological polar surface area (TPSA) is 109 Å². The molecular weight excluding hydrogens is 320 g/mol. The molecule has 0 aliphatic carbocycles. The highest BCUT2D eigenvalue weighted by Crippen LogP contribution is 2.45. The Bertz CT molecular complexity index is 846. The van der Waals surface area contributed by atoms with Crippen LogP contribution in [0.2, 0.25) is 0 Å². The predicted molar refractivity (Wildman–Crippen MR) is 81.6 cm³/mol. The van der Waals surface area contributed by atoms with Crippen LogP contribution in [0.3, 0.4) is 0 Å². The number of carboxylic acids is 2. The van der Waals surface area contributed by atoms with Crippen LogP contribution in [-0.4, -0.2) is 30.6 Å². The smallest absolute Gasteiger partial charge is 0.326 e. The Labute approximate surface area is 131 Å². The second kappa shape index (κ2) is 5.20. The first kappa shape index (κ1) is 15.2. The molecule has 0 radical (unpaired) electrons. The molecule has 2 aromatic carbocycles. The molecule has 6 nitrogen and oxygen atoms in total. The molecule has 0 aromatic heterocycles. The number of carbonyl (C=O) groups is 2. The SMILES string of the molecule is O=C(O)C1c2ccccc2-c2ccccc2C(C(=O)O)S1(=O)=O.